The minimum absolute atomic E-state index is 0.000265. The van der Waals surface area contributed by atoms with E-state index >= 15 is 0 Å². The van der Waals surface area contributed by atoms with Gasteiger partial charge in [0.1, 0.15) is 5.60 Å². The van der Waals surface area contributed by atoms with Crippen LogP contribution in [0.1, 0.15) is 50.9 Å². The van der Waals surface area contributed by atoms with Gasteiger partial charge in [0.15, 0.2) is 0 Å². The molecule has 0 bridgehead atoms. The summed E-state index contributed by atoms with van der Waals surface area (Å²) >= 11 is 5.25. The summed E-state index contributed by atoms with van der Waals surface area (Å²) in [6.07, 6.45) is 1.12. The Morgan fingerprint density at radius 1 is 1.10 bits per heavy atom. The second-order valence-electron chi connectivity index (χ2n) is 8.85. The molecule has 1 fully saturated rings. The van der Waals surface area contributed by atoms with E-state index in [0.29, 0.717) is 31.6 Å². The van der Waals surface area contributed by atoms with Crippen LogP contribution >= 0.6 is 12.2 Å². The third kappa shape index (κ3) is 5.36. The van der Waals surface area contributed by atoms with E-state index < -0.39 is 5.60 Å². The Morgan fingerprint density at radius 3 is 2.50 bits per heavy atom. The predicted molar refractivity (Wildman–Crippen MR) is 124 cm³/mol. The van der Waals surface area contributed by atoms with Crippen molar-refractivity contribution in [1.82, 2.24) is 9.80 Å². The van der Waals surface area contributed by atoms with Crippen molar-refractivity contribution < 1.29 is 14.3 Å². The highest BCUT2D eigenvalue weighted by Crippen LogP contribution is 2.24. The van der Waals surface area contributed by atoms with Gasteiger partial charge in [-0.25, -0.2) is 4.79 Å². The fraction of sp³-hybridized carbons (Fsp3) is 0.458. The first kappa shape index (κ1) is 22.2. The molecule has 1 heterocycles. The Balaban J connectivity index is 1.81. The highest BCUT2D eigenvalue weighted by molar-refractivity contribution is 7.80. The van der Waals surface area contributed by atoms with Gasteiger partial charge in [-0.1, -0.05) is 48.6 Å². The Labute approximate surface area is 184 Å². The van der Waals surface area contributed by atoms with E-state index in [1.165, 1.54) is 0 Å². The van der Waals surface area contributed by atoms with E-state index in [0.717, 1.165) is 22.1 Å². The van der Waals surface area contributed by atoms with E-state index in [1.54, 1.807) is 4.90 Å². The van der Waals surface area contributed by atoms with Crippen LogP contribution in [0.25, 0.3) is 10.8 Å². The SMILES string of the molecule is CC(=S)CC[C@H]1CN(C(=O)c2cccc3ccccc23)CCN1C(=O)OC(C)(C)C. The smallest absolute Gasteiger partial charge is 0.410 e. The van der Waals surface area contributed by atoms with Gasteiger partial charge in [-0.05, 0) is 62.2 Å². The summed E-state index contributed by atoms with van der Waals surface area (Å²) < 4.78 is 5.60. The zero-order valence-corrected chi connectivity index (χ0v) is 19.0. The van der Waals surface area contributed by atoms with Gasteiger partial charge in [-0.15, -0.1) is 0 Å². The number of rotatable bonds is 4. The van der Waals surface area contributed by atoms with Crippen molar-refractivity contribution in [3.63, 3.8) is 0 Å². The maximum absolute atomic E-state index is 13.4. The molecular formula is C24H30N2O3S. The number of benzene rings is 2. The van der Waals surface area contributed by atoms with Crippen LogP contribution in [0.2, 0.25) is 0 Å². The molecule has 0 saturated carbocycles. The maximum Gasteiger partial charge on any atom is 0.410 e. The highest BCUT2D eigenvalue weighted by atomic mass is 32.1. The average Bonchev–Trinajstić information content (AvgIpc) is 2.69. The summed E-state index contributed by atoms with van der Waals surface area (Å²) in [5.41, 5.74) is 0.140. The lowest BCUT2D eigenvalue weighted by Gasteiger charge is -2.42. The van der Waals surface area contributed by atoms with Crippen molar-refractivity contribution in [3.8, 4) is 0 Å². The summed E-state index contributed by atoms with van der Waals surface area (Å²) in [6.45, 7) is 8.91. The van der Waals surface area contributed by atoms with Crippen molar-refractivity contribution in [1.29, 1.82) is 0 Å². The Kier molecular flexibility index (Phi) is 6.76. The summed E-state index contributed by atoms with van der Waals surface area (Å²) in [7, 11) is 0. The van der Waals surface area contributed by atoms with Crippen LogP contribution in [-0.4, -0.2) is 57.9 Å². The first-order valence-electron chi connectivity index (χ1n) is 10.4. The fourth-order valence-corrected chi connectivity index (χ4v) is 3.92. The molecule has 160 valence electrons. The van der Waals surface area contributed by atoms with Crippen molar-refractivity contribution in [2.45, 2.75) is 52.2 Å². The number of hydrogen-bond donors (Lipinski definition) is 0. The minimum Gasteiger partial charge on any atom is -0.444 e. The second kappa shape index (κ2) is 9.13. The first-order valence-corrected chi connectivity index (χ1v) is 10.8. The van der Waals surface area contributed by atoms with Gasteiger partial charge in [-0.2, -0.15) is 0 Å². The van der Waals surface area contributed by atoms with Crippen LogP contribution in [0.4, 0.5) is 4.79 Å². The normalized spacial score (nSPS) is 17.1. The third-order valence-electron chi connectivity index (χ3n) is 5.25. The van der Waals surface area contributed by atoms with E-state index in [9.17, 15) is 9.59 Å². The summed E-state index contributed by atoms with van der Waals surface area (Å²) in [4.78, 5) is 30.6. The molecule has 2 aromatic carbocycles. The molecular weight excluding hydrogens is 396 g/mol. The maximum atomic E-state index is 13.4. The monoisotopic (exact) mass is 426 g/mol. The number of carbonyl (C=O) groups excluding carboxylic acids is 2. The van der Waals surface area contributed by atoms with Gasteiger partial charge >= 0.3 is 6.09 Å². The molecule has 1 saturated heterocycles. The highest BCUT2D eigenvalue weighted by Gasteiger charge is 2.35. The van der Waals surface area contributed by atoms with Gasteiger partial charge in [0, 0.05) is 25.2 Å². The standard InChI is InChI=1S/C24H30N2O3S/c1-17(30)12-13-19-16-25(14-15-26(19)23(28)29-24(2,3)4)22(27)21-11-7-9-18-8-5-6-10-20(18)21/h5-11,19H,12-16H2,1-4H3/t19-/m0/s1. The molecule has 1 aliphatic heterocycles. The topological polar surface area (TPSA) is 49.9 Å². The lowest BCUT2D eigenvalue weighted by Crippen LogP contribution is -2.57. The summed E-state index contributed by atoms with van der Waals surface area (Å²) in [5, 5.41) is 1.99. The zero-order chi connectivity index (χ0) is 21.9. The third-order valence-corrected chi connectivity index (χ3v) is 5.45. The van der Waals surface area contributed by atoms with Gasteiger partial charge in [-0.3, -0.25) is 4.79 Å². The lowest BCUT2D eigenvalue weighted by atomic mass is 10.0. The molecule has 2 amide bonds. The zero-order valence-electron chi connectivity index (χ0n) is 18.2. The van der Waals surface area contributed by atoms with Crippen LogP contribution < -0.4 is 0 Å². The molecule has 0 N–H and O–H groups in total. The van der Waals surface area contributed by atoms with E-state index in [2.05, 4.69) is 0 Å². The van der Waals surface area contributed by atoms with Crippen LogP contribution in [0.5, 0.6) is 0 Å². The van der Waals surface area contributed by atoms with Crippen molar-refractivity contribution in [2.75, 3.05) is 19.6 Å². The molecule has 5 nitrogen and oxygen atoms in total. The molecule has 1 atom stereocenters. The fourth-order valence-electron chi connectivity index (χ4n) is 3.80. The molecule has 0 radical (unpaired) electrons. The van der Waals surface area contributed by atoms with Crippen LogP contribution in [0, 0.1) is 0 Å². The lowest BCUT2D eigenvalue weighted by molar-refractivity contribution is -0.00155. The van der Waals surface area contributed by atoms with Gasteiger partial charge in [0.2, 0.25) is 0 Å². The van der Waals surface area contributed by atoms with Gasteiger partial charge in [0.25, 0.3) is 5.91 Å². The van der Waals surface area contributed by atoms with E-state index in [-0.39, 0.29) is 18.0 Å². The predicted octanol–water partition coefficient (Wildman–Crippen LogP) is 5.07. The molecule has 1 aliphatic rings. The number of amides is 2. The van der Waals surface area contributed by atoms with Crippen molar-refractivity contribution in [2.24, 2.45) is 0 Å². The molecule has 6 heteroatoms. The van der Waals surface area contributed by atoms with Crippen molar-refractivity contribution >= 4 is 39.9 Å². The van der Waals surface area contributed by atoms with E-state index in [4.69, 9.17) is 17.0 Å². The Hall–Kier alpha value is -2.47. The quantitative estimate of drug-likeness (QED) is 0.641. The number of ether oxygens (including phenoxy) is 1. The van der Waals surface area contributed by atoms with Crippen LogP contribution in [0.15, 0.2) is 42.5 Å². The summed E-state index contributed by atoms with van der Waals surface area (Å²) in [6, 6.07) is 13.6. The molecule has 0 aliphatic carbocycles. The second-order valence-corrected chi connectivity index (χ2v) is 9.54. The first-order chi connectivity index (χ1) is 14.2. The Morgan fingerprint density at radius 2 is 1.80 bits per heavy atom. The molecule has 30 heavy (non-hydrogen) atoms. The van der Waals surface area contributed by atoms with Gasteiger partial charge < -0.3 is 14.5 Å². The van der Waals surface area contributed by atoms with Crippen LogP contribution in [0.3, 0.4) is 0 Å². The van der Waals surface area contributed by atoms with Gasteiger partial charge in [0.05, 0.1) is 6.04 Å². The number of fused-ring (bicyclic) bond motifs is 1. The molecule has 0 unspecified atom stereocenters. The average molecular weight is 427 g/mol. The number of piperazine rings is 1. The summed E-state index contributed by atoms with van der Waals surface area (Å²) in [5.74, 6) is -0.000265. The van der Waals surface area contributed by atoms with E-state index in [1.807, 2.05) is 75.1 Å². The molecule has 2 aromatic rings. The Bertz CT molecular complexity index is 946. The number of nitrogens with zero attached hydrogens (tertiary/aromatic N) is 2. The number of thiocarbonyl (C=S) groups is 1. The molecule has 0 aromatic heterocycles. The number of hydrogen-bond acceptors (Lipinski definition) is 4. The largest absolute Gasteiger partial charge is 0.444 e. The molecule has 3 rings (SSSR count). The minimum atomic E-state index is -0.558. The number of carbonyl (C=O) groups is 2. The van der Waals surface area contributed by atoms with Crippen molar-refractivity contribution in [3.05, 3.63) is 48.0 Å². The molecule has 0 spiro atoms. The van der Waals surface area contributed by atoms with Crippen LogP contribution in [-0.2, 0) is 4.74 Å².